The highest BCUT2D eigenvalue weighted by Gasteiger charge is 2.52. The van der Waals surface area contributed by atoms with Crippen molar-refractivity contribution in [1.29, 1.82) is 0 Å². The van der Waals surface area contributed by atoms with Crippen molar-refractivity contribution in [1.82, 2.24) is 0 Å². The number of aliphatic hydroxyl groups excluding tert-OH is 1. The molecule has 53 heavy (non-hydrogen) atoms. The van der Waals surface area contributed by atoms with E-state index in [4.69, 9.17) is 4.74 Å². The van der Waals surface area contributed by atoms with E-state index >= 15 is 0 Å². The van der Waals surface area contributed by atoms with Gasteiger partial charge in [0.1, 0.15) is 6.29 Å². The van der Waals surface area contributed by atoms with Crippen molar-refractivity contribution in [2.24, 2.45) is 11.3 Å². The van der Waals surface area contributed by atoms with Crippen LogP contribution in [0.25, 0.3) is 0 Å². The Morgan fingerprint density at radius 1 is 0.811 bits per heavy atom. The van der Waals surface area contributed by atoms with Gasteiger partial charge >= 0.3 is 5.97 Å². The van der Waals surface area contributed by atoms with Crippen LogP contribution in [0.2, 0.25) is 0 Å². The Bertz CT molecular complexity index is 1180. The second-order valence-corrected chi connectivity index (χ2v) is 16.9. The molecule has 0 heterocycles. The lowest BCUT2D eigenvalue weighted by molar-refractivity contribution is -0.144. The van der Waals surface area contributed by atoms with Crippen LogP contribution in [0.5, 0.6) is 0 Å². The zero-order valence-corrected chi connectivity index (χ0v) is 35.7. The summed E-state index contributed by atoms with van der Waals surface area (Å²) < 4.78 is 5.67. The second kappa shape index (κ2) is 28.2. The van der Waals surface area contributed by atoms with Crippen LogP contribution < -0.4 is 0 Å². The Morgan fingerprint density at radius 2 is 1.43 bits per heavy atom. The van der Waals surface area contributed by atoms with Crippen LogP contribution in [0.4, 0.5) is 0 Å². The standard InChI is InChI=1S/C48H82O5/c1-9-10-11-12-13-14-15-16-17-18-19-20-21-22-23-31-46(51)53-37-26-30-44-43(42(6)38-49)34-36-48(8,52)47(44,7)35-25-29-41(5)45(50)33-32-40(4)28-24-27-39(2)3/h14-15,27,29,32,38,44-45,50,52H,9-13,16-26,28,30-31,33-37H2,1-8H3/b15-14-,40-32+,41-29+,43-42+/t44-,45?,47+,48+/m1/s1. The van der Waals surface area contributed by atoms with Crippen LogP contribution in [-0.2, 0) is 14.3 Å². The fourth-order valence-electron chi connectivity index (χ4n) is 7.89. The predicted molar refractivity (Wildman–Crippen MR) is 226 cm³/mol. The lowest BCUT2D eigenvalue weighted by atomic mass is 9.54. The zero-order chi connectivity index (χ0) is 39.5. The van der Waals surface area contributed by atoms with E-state index in [0.717, 1.165) is 68.0 Å². The molecule has 1 rings (SSSR count). The second-order valence-electron chi connectivity index (χ2n) is 16.9. The molecule has 0 radical (unpaired) electrons. The molecule has 0 saturated heterocycles. The summed E-state index contributed by atoms with van der Waals surface area (Å²) in [6, 6.07) is 0. The molecule has 0 aliphatic heterocycles. The molecule has 1 fully saturated rings. The van der Waals surface area contributed by atoms with E-state index in [2.05, 4.69) is 65.0 Å². The topological polar surface area (TPSA) is 83.8 Å². The Labute approximate surface area is 326 Å². The van der Waals surface area contributed by atoms with Gasteiger partial charge in [-0.1, -0.05) is 112 Å². The maximum Gasteiger partial charge on any atom is 0.305 e. The molecule has 5 heteroatoms. The highest BCUT2D eigenvalue weighted by molar-refractivity contribution is 5.74. The summed E-state index contributed by atoms with van der Waals surface area (Å²) >= 11 is 0. The van der Waals surface area contributed by atoms with Crippen LogP contribution >= 0.6 is 0 Å². The highest BCUT2D eigenvalue weighted by atomic mass is 16.5. The Kier molecular flexibility index (Phi) is 26.0. The fraction of sp³-hybridized carbons (Fsp3) is 0.750. The number of rotatable bonds is 29. The number of aliphatic hydroxyl groups is 2. The van der Waals surface area contributed by atoms with Gasteiger partial charge in [0.25, 0.3) is 0 Å². The highest BCUT2D eigenvalue weighted by Crippen LogP contribution is 2.55. The van der Waals surface area contributed by atoms with Gasteiger partial charge in [-0.25, -0.2) is 0 Å². The zero-order valence-electron chi connectivity index (χ0n) is 35.7. The Hall–Kier alpha value is -2.24. The predicted octanol–water partition coefficient (Wildman–Crippen LogP) is 13.2. The van der Waals surface area contributed by atoms with Crippen LogP contribution in [0.15, 0.2) is 58.2 Å². The SMILES string of the molecule is CCCCCC/C=C\CCCCCCCCCC(=O)OCCC[C@@H]1/C(=C(\C)C=O)CC[C@](C)(O)[C@@]1(C)CC/C=C(\C)C(O)C/C=C(\C)CCC=C(C)C. The lowest BCUT2D eigenvalue weighted by Crippen LogP contribution is -2.52. The van der Waals surface area contributed by atoms with Gasteiger partial charge in [-0.05, 0) is 148 Å². The van der Waals surface area contributed by atoms with E-state index in [9.17, 15) is 19.8 Å². The number of hydrogen-bond donors (Lipinski definition) is 2. The molecule has 2 N–H and O–H groups in total. The summed E-state index contributed by atoms with van der Waals surface area (Å²) in [6.45, 7) is 17.0. The fourth-order valence-corrected chi connectivity index (χ4v) is 7.89. The molecule has 0 aromatic heterocycles. The summed E-state index contributed by atoms with van der Waals surface area (Å²) in [5.74, 6) is -0.117. The van der Waals surface area contributed by atoms with Crippen LogP contribution in [0.1, 0.15) is 203 Å². The summed E-state index contributed by atoms with van der Waals surface area (Å²) in [5, 5.41) is 22.7. The number of carbonyl (C=O) groups excluding carboxylic acids is 2. The molecule has 0 spiro atoms. The molecule has 1 aliphatic carbocycles. The molecule has 1 aliphatic rings. The van der Waals surface area contributed by atoms with Gasteiger partial charge in [0.2, 0.25) is 0 Å². The van der Waals surface area contributed by atoms with Crippen molar-refractivity contribution < 1.29 is 24.5 Å². The van der Waals surface area contributed by atoms with Crippen molar-refractivity contribution in [3.05, 3.63) is 58.2 Å². The third kappa shape index (κ3) is 20.3. The maximum absolute atomic E-state index is 12.5. The van der Waals surface area contributed by atoms with E-state index in [1.165, 1.54) is 81.8 Å². The molecule has 0 bridgehead atoms. The summed E-state index contributed by atoms with van der Waals surface area (Å²) in [7, 11) is 0. The molecule has 1 unspecified atom stereocenters. The maximum atomic E-state index is 12.5. The Morgan fingerprint density at radius 3 is 2.06 bits per heavy atom. The van der Waals surface area contributed by atoms with Crippen molar-refractivity contribution in [2.75, 3.05) is 6.61 Å². The van der Waals surface area contributed by atoms with Crippen molar-refractivity contribution >= 4 is 12.3 Å². The number of carbonyl (C=O) groups is 2. The number of allylic oxidation sites excluding steroid dienone is 8. The summed E-state index contributed by atoms with van der Waals surface area (Å²) in [5.41, 5.74) is 4.09. The first-order valence-corrected chi connectivity index (χ1v) is 21.6. The quantitative estimate of drug-likeness (QED) is 0.0262. The van der Waals surface area contributed by atoms with E-state index in [-0.39, 0.29) is 11.9 Å². The molecule has 1 saturated carbocycles. The van der Waals surface area contributed by atoms with E-state index < -0.39 is 17.1 Å². The number of hydrogen-bond acceptors (Lipinski definition) is 5. The summed E-state index contributed by atoms with van der Waals surface area (Å²) in [6.07, 6.45) is 34.9. The monoisotopic (exact) mass is 739 g/mol. The largest absolute Gasteiger partial charge is 0.466 e. The first-order valence-electron chi connectivity index (χ1n) is 21.6. The Balaban J connectivity index is 2.56. The van der Waals surface area contributed by atoms with Gasteiger partial charge in [0.15, 0.2) is 0 Å². The molecular weight excluding hydrogens is 657 g/mol. The minimum absolute atomic E-state index is 0.00624. The van der Waals surface area contributed by atoms with Gasteiger partial charge in [0.05, 0.1) is 18.3 Å². The number of esters is 1. The van der Waals surface area contributed by atoms with Crippen molar-refractivity contribution in [2.45, 2.75) is 215 Å². The number of aldehydes is 1. The first kappa shape index (κ1) is 48.8. The average molecular weight is 739 g/mol. The van der Waals surface area contributed by atoms with E-state index in [1.807, 2.05) is 20.8 Å². The minimum Gasteiger partial charge on any atom is -0.466 e. The average Bonchev–Trinajstić information content (AvgIpc) is 3.11. The van der Waals surface area contributed by atoms with Gasteiger partial charge < -0.3 is 14.9 Å². The first-order chi connectivity index (χ1) is 25.3. The molecule has 5 nitrogen and oxygen atoms in total. The molecule has 0 amide bonds. The van der Waals surface area contributed by atoms with E-state index in [1.54, 1.807) is 0 Å². The third-order valence-corrected chi connectivity index (χ3v) is 12.0. The third-order valence-electron chi connectivity index (χ3n) is 12.0. The number of ether oxygens (including phenoxy) is 1. The van der Waals surface area contributed by atoms with Crippen LogP contribution in [0.3, 0.4) is 0 Å². The van der Waals surface area contributed by atoms with Gasteiger partial charge in [-0.2, -0.15) is 0 Å². The summed E-state index contributed by atoms with van der Waals surface area (Å²) in [4.78, 5) is 24.5. The van der Waals surface area contributed by atoms with Crippen LogP contribution in [-0.4, -0.2) is 40.8 Å². The van der Waals surface area contributed by atoms with Gasteiger partial charge in [-0.15, -0.1) is 0 Å². The van der Waals surface area contributed by atoms with Gasteiger partial charge in [0, 0.05) is 11.8 Å². The van der Waals surface area contributed by atoms with Crippen molar-refractivity contribution in [3.8, 4) is 0 Å². The molecule has 304 valence electrons. The smallest absolute Gasteiger partial charge is 0.305 e. The van der Waals surface area contributed by atoms with E-state index in [0.29, 0.717) is 38.7 Å². The molecular formula is C48H82O5. The minimum atomic E-state index is -0.906. The van der Waals surface area contributed by atoms with Gasteiger partial charge in [-0.3, -0.25) is 9.59 Å². The van der Waals surface area contributed by atoms with Crippen LogP contribution in [0, 0.1) is 11.3 Å². The molecule has 0 aromatic carbocycles. The molecule has 4 atom stereocenters. The number of unbranched alkanes of at least 4 members (excludes halogenated alkanes) is 11. The normalized spacial score (nSPS) is 22.6. The lowest BCUT2D eigenvalue weighted by Gasteiger charge is -2.53. The van der Waals surface area contributed by atoms with Crippen molar-refractivity contribution in [3.63, 3.8) is 0 Å². The molecule has 0 aromatic rings.